The topological polar surface area (TPSA) is 76.7 Å². The van der Waals surface area contributed by atoms with E-state index in [2.05, 4.69) is 10.6 Å². The fraction of sp³-hybridized carbons (Fsp3) is 0.222. The maximum atomic E-state index is 12.7. The van der Waals surface area contributed by atoms with Gasteiger partial charge in [-0.25, -0.2) is 0 Å². The molecule has 0 spiro atoms. The molecule has 0 aliphatic carbocycles. The number of amides is 2. The van der Waals surface area contributed by atoms with Crippen LogP contribution in [0.2, 0.25) is 0 Å². The molecule has 1 heterocycles. The number of para-hydroxylation sites is 1. The third kappa shape index (κ3) is 3.03. The minimum absolute atomic E-state index is 0.121. The quantitative estimate of drug-likeness (QED) is 0.906. The number of rotatable bonds is 4. The van der Waals surface area contributed by atoms with E-state index in [9.17, 15) is 9.59 Å². The number of carbonyl (C=O) groups is 2. The Morgan fingerprint density at radius 2 is 1.88 bits per heavy atom. The Balaban J connectivity index is 1.84. The first-order chi connectivity index (χ1) is 11.6. The van der Waals surface area contributed by atoms with Gasteiger partial charge in [0.1, 0.15) is 0 Å². The first-order valence-corrected chi connectivity index (χ1v) is 7.54. The Kier molecular flexibility index (Phi) is 4.37. The van der Waals surface area contributed by atoms with E-state index in [1.54, 1.807) is 31.4 Å². The predicted octanol–water partition coefficient (Wildman–Crippen LogP) is 2.77. The SMILES string of the molecule is COc1ccc(NC(=O)[C@@H]2CC(=O)Nc3ccccc32)cc1OC. The van der Waals surface area contributed by atoms with Crippen molar-refractivity contribution in [2.45, 2.75) is 12.3 Å². The number of ether oxygens (including phenoxy) is 2. The second-order valence-corrected chi connectivity index (χ2v) is 5.45. The number of nitrogens with one attached hydrogen (secondary N) is 2. The molecule has 0 fully saturated rings. The lowest BCUT2D eigenvalue weighted by molar-refractivity contribution is -0.123. The first kappa shape index (κ1) is 15.9. The van der Waals surface area contributed by atoms with E-state index in [-0.39, 0.29) is 18.2 Å². The number of anilines is 2. The van der Waals surface area contributed by atoms with Crippen LogP contribution in [0.1, 0.15) is 17.9 Å². The Hall–Kier alpha value is -3.02. The van der Waals surface area contributed by atoms with Crippen LogP contribution < -0.4 is 20.1 Å². The van der Waals surface area contributed by atoms with Gasteiger partial charge in [0.15, 0.2) is 11.5 Å². The third-order valence-corrected chi connectivity index (χ3v) is 3.97. The van der Waals surface area contributed by atoms with E-state index in [0.717, 1.165) is 5.56 Å². The molecule has 6 heteroatoms. The largest absolute Gasteiger partial charge is 0.493 e. The highest BCUT2D eigenvalue weighted by molar-refractivity contribution is 6.05. The van der Waals surface area contributed by atoms with Gasteiger partial charge in [-0.2, -0.15) is 0 Å². The number of benzene rings is 2. The Labute approximate surface area is 139 Å². The summed E-state index contributed by atoms with van der Waals surface area (Å²) in [5, 5.41) is 5.63. The van der Waals surface area contributed by atoms with Crippen LogP contribution in [-0.2, 0) is 9.59 Å². The van der Waals surface area contributed by atoms with Gasteiger partial charge in [0.25, 0.3) is 0 Å². The maximum Gasteiger partial charge on any atom is 0.232 e. The van der Waals surface area contributed by atoms with Gasteiger partial charge in [-0.05, 0) is 23.8 Å². The molecule has 1 aliphatic rings. The normalized spacial score (nSPS) is 15.9. The lowest BCUT2D eigenvalue weighted by Gasteiger charge is -2.24. The van der Waals surface area contributed by atoms with Gasteiger partial charge in [0.2, 0.25) is 11.8 Å². The Bertz CT molecular complexity index is 788. The van der Waals surface area contributed by atoms with Crippen molar-refractivity contribution in [1.82, 2.24) is 0 Å². The molecule has 1 aliphatic heterocycles. The molecule has 2 aromatic carbocycles. The van der Waals surface area contributed by atoms with Crippen molar-refractivity contribution in [3.05, 3.63) is 48.0 Å². The van der Waals surface area contributed by atoms with Gasteiger partial charge >= 0.3 is 0 Å². The Morgan fingerprint density at radius 3 is 2.62 bits per heavy atom. The average Bonchev–Trinajstić information content (AvgIpc) is 2.60. The number of methoxy groups -OCH3 is 2. The van der Waals surface area contributed by atoms with Crippen LogP contribution >= 0.6 is 0 Å². The van der Waals surface area contributed by atoms with Crippen LogP contribution in [0.5, 0.6) is 11.5 Å². The molecule has 0 aromatic heterocycles. The van der Waals surface area contributed by atoms with Crippen molar-refractivity contribution in [2.75, 3.05) is 24.9 Å². The first-order valence-electron chi connectivity index (χ1n) is 7.54. The molecule has 0 saturated heterocycles. The number of carbonyl (C=O) groups excluding carboxylic acids is 2. The number of hydrogen-bond acceptors (Lipinski definition) is 4. The Morgan fingerprint density at radius 1 is 1.12 bits per heavy atom. The van der Waals surface area contributed by atoms with Crippen molar-refractivity contribution in [3.63, 3.8) is 0 Å². The summed E-state index contributed by atoms with van der Waals surface area (Å²) in [6, 6.07) is 12.5. The van der Waals surface area contributed by atoms with Crippen LogP contribution in [0.15, 0.2) is 42.5 Å². The summed E-state index contributed by atoms with van der Waals surface area (Å²) in [5.41, 5.74) is 2.08. The molecule has 24 heavy (non-hydrogen) atoms. The molecule has 3 rings (SSSR count). The molecular formula is C18H18N2O4. The highest BCUT2D eigenvalue weighted by Crippen LogP contribution is 2.34. The molecule has 124 valence electrons. The maximum absolute atomic E-state index is 12.7. The van der Waals surface area contributed by atoms with Crippen molar-refractivity contribution >= 4 is 23.2 Å². The van der Waals surface area contributed by atoms with E-state index in [1.165, 1.54) is 7.11 Å². The minimum atomic E-state index is -0.525. The molecular weight excluding hydrogens is 308 g/mol. The van der Waals surface area contributed by atoms with E-state index in [0.29, 0.717) is 22.9 Å². The standard InChI is InChI=1S/C18H18N2O4/c1-23-15-8-7-11(9-16(15)24-2)19-18(22)13-10-17(21)20-14-6-4-3-5-12(13)14/h3-9,13H,10H2,1-2H3,(H,19,22)(H,20,21)/t13-/m1/s1. The zero-order chi connectivity index (χ0) is 17.1. The monoisotopic (exact) mass is 326 g/mol. The predicted molar refractivity (Wildman–Crippen MR) is 90.6 cm³/mol. The van der Waals surface area contributed by atoms with Crippen LogP contribution in [0, 0.1) is 0 Å². The van der Waals surface area contributed by atoms with Gasteiger partial charge in [-0.1, -0.05) is 18.2 Å². The highest BCUT2D eigenvalue weighted by atomic mass is 16.5. The lowest BCUT2D eigenvalue weighted by atomic mass is 9.90. The van der Waals surface area contributed by atoms with Gasteiger partial charge in [0, 0.05) is 23.9 Å². The van der Waals surface area contributed by atoms with E-state index >= 15 is 0 Å². The molecule has 2 amide bonds. The van der Waals surface area contributed by atoms with Gasteiger partial charge in [-0.3, -0.25) is 9.59 Å². The second-order valence-electron chi connectivity index (χ2n) is 5.45. The van der Waals surface area contributed by atoms with Gasteiger partial charge in [-0.15, -0.1) is 0 Å². The summed E-state index contributed by atoms with van der Waals surface area (Å²) in [5.74, 6) is 0.184. The smallest absolute Gasteiger partial charge is 0.232 e. The van der Waals surface area contributed by atoms with Crippen LogP contribution in [0.4, 0.5) is 11.4 Å². The van der Waals surface area contributed by atoms with Crippen molar-refractivity contribution in [2.24, 2.45) is 0 Å². The summed E-state index contributed by atoms with van der Waals surface area (Å²) in [6.07, 6.45) is 0.121. The number of fused-ring (bicyclic) bond motifs is 1. The number of hydrogen-bond donors (Lipinski definition) is 2. The third-order valence-electron chi connectivity index (χ3n) is 3.97. The second kappa shape index (κ2) is 6.62. The fourth-order valence-corrected chi connectivity index (χ4v) is 2.79. The molecule has 1 atom stereocenters. The summed E-state index contributed by atoms with van der Waals surface area (Å²) in [6.45, 7) is 0. The zero-order valence-electron chi connectivity index (χ0n) is 13.5. The fourth-order valence-electron chi connectivity index (χ4n) is 2.79. The van der Waals surface area contributed by atoms with E-state index in [1.807, 2.05) is 18.2 Å². The minimum Gasteiger partial charge on any atom is -0.493 e. The molecule has 0 unspecified atom stereocenters. The summed E-state index contributed by atoms with van der Waals surface area (Å²) in [7, 11) is 3.08. The molecule has 2 N–H and O–H groups in total. The van der Waals surface area contributed by atoms with Crippen LogP contribution in [0.25, 0.3) is 0 Å². The van der Waals surface area contributed by atoms with Crippen LogP contribution in [-0.4, -0.2) is 26.0 Å². The summed E-state index contributed by atoms with van der Waals surface area (Å²) in [4.78, 5) is 24.5. The van der Waals surface area contributed by atoms with Crippen LogP contribution in [0.3, 0.4) is 0 Å². The summed E-state index contributed by atoms with van der Waals surface area (Å²) >= 11 is 0. The molecule has 0 saturated carbocycles. The molecule has 6 nitrogen and oxygen atoms in total. The van der Waals surface area contributed by atoms with Crippen molar-refractivity contribution < 1.29 is 19.1 Å². The molecule has 0 radical (unpaired) electrons. The van der Waals surface area contributed by atoms with Gasteiger partial charge < -0.3 is 20.1 Å². The van der Waals surface area contributed by atoms with E-state index < -0.39 is 5.92 Å². The van der Waals surface area contributed by atoms with Gasteiger partial charge in [0.05, 0.1) is 20.1 Å². The van der Waals surface area contributed by atoms with E-state index in [4.69, 9.17) is 9.47 Å². The highest BCUT2D eigenvalue weighted by Gasteiger charge is 2.30. The van der Waals surface area contributed by atoms with Crippen molar-refractivity contribution in [1.29, 1.82) is 0 Å². The summed E-state index contributed by atoms with van der Waals surface area (Å²) < 4.78 is 10.4. The zero-order valence-corrected chi connectivity index (χ0v) is 13.5. The molecule has 0 bridgehead atoms. The molecule has 2 aromatic rings. The van der Waals surface area contributed by atoms with Crippen molar-refractivity contribution in [3.8, 4) is 11.5 Å². The average molecular weight is 326 g/mol. The lowest BCUT2D eigenvalue weighted by Crippen LogP contribution is -2.30.